The van der Waals surface area contributed by atoms with E-state index in [-0.39, 0.29) is 5.97 Å². The van der Waals surface area contributed by atoms with E-state index in [1.165, 1.54) is 13.5 Å². The van der Waals surface area contributed by atoms with Gasteiger partial charge in [-0.2, -0.15) is 0 Å². The lowest BCUT2D eigenvalue weighted by Crippen LogP contribution is -2.30. The number of benzene rings is 1. The van der Waals surface area contributed by atoms with Crippen LogP contribution in [0.1, 0.15) is 19.4 Å². The Morgan fingerprint density at radius 1 is 1.44 bits per heavy atom. The molecule has 4 nitrogen and oxygen atoms in total. The third-order valence-corrected chi connectivity index (χ3v) is 2.75. The molecule has 2 rings (SSSR count). The van der Waals surface area contributed by atoms with Crippen molar-refractivity contribution in [3.63, 3.8) is 0 Å². The summed E-state index contributed by atoms with van der Waals surface area (Å²) in [7, 11) is 1.39. The molecule has 2 aromatic rings. The topological polar surface area (TPSA) is 52.3 Å². The summed E-state index contributed by atoms with van der Waals surface area (Å²) in [6, 6.07) is 5.51. The van der Waals surface area contributed by atoms with Crippen molar-refractivity contribution in [3.8, 4) is 0 Å². The van der Waals surface area contributed by atoms with E-state index in [4.69, 9.17) is 9.15 Å². The second-order valence-corrected chi connectivity index (χ2v) is 4.15. The third kappa shape index (κ3) is 1.56. The number of methoxy groups -OCH3 is 1. The average molecular weight is 219 g/mol. The highest BCUT2D eigenvalue weighted by molar-refractivity contribution is 5.84. The first-order valence-electron chi connectivity index (χ1n) is 4.98. The zero-order valence-corrected chi connectivity index (χ0v) is 9.48. The number of aromatic nitrogens is 1. The first kappa shape index (κ1) is 10.7. The van der Waals surface area contributed by atoms with Crippen LogP contribution in [0.15, 0.2) is 29.0 Å². The lowest BCUT2D eigenvalue weighted by atomic mass is 9.84. The number of fused-ring (bicyclic) bond motifs is 1. The van der Waals surface area contributed by atoms with Crippen LogP contribution >= 0.6 is 0 Å². The molecule has 0 spiro atoms. The lowest BCUT2D eigenvalue weighted by molar-refractivity contribution is -0.146. The number of oxazole rings is 1. The number of rotatable bonds is 2. The molecule has 0 aliphatic rings. The molecule has 0 saturated carbocycles. The Morgan fingerprint density at radius 2 is 2.19 bits per heavy atom. The lowest BCUT2D eigenvalue weighted by Gasteiger charge is -2.21. The molecule has 0 aliphatic carbocycles. The molecule has 1 heterocycles. The van der Waals surface area contributed by atoms with Gasteiger partial charge in [-0.1, -0.05) is 6.07 Å². The minimum Gasteiger partial charge on any atom is -0.468 e. The molecule has 0 atom stereocenters. The van der Waals surface area contributed by atoms with E-state index in [1.54, 1.807) is 0 Å². The van der Waals surface area contributed by atoms with Crippen LogP contribution in [-0.4, -0.2) is 18.1 Å². The summed E-state index contributed by atoms with van der Waals surface area (Å²) in [4.78, 5) is 15.7. The summed E-state index contributed by atoms with van der Waals surface area (Å²) in [5.41, 5.74) is 1.62. The zero-order valence-electron chi connectivity index (χ0n) is 9.48. The van der Waals surface area contributed by atoms with Crippen molar-refractivity contribution in [2.24, 2.45) is 0 Å². The van der Waals surface area contributed by atoms with Crippen LogP contribution in [0, 0.1) is 0 Å². The molecule has 0 fully saturated rings. The molecule has 0 aliphatic heterocycles. The van der Waals surface area contributed by atoms with Gasteiger partial charge in [0.1, 0.15) is 5.52 Å². The Morgan fingerprint density at radius 3 is 2.88 bits per heavy atom. The Hall–Kier alpha value is -1.84. The summed E-state index contributed by atoms with van der Waals surface area (Å²) in [6.07, 6.45) is 1.39. The predicted molar refractivity (Wildman–Crippen MR) is 59.1 cm³/mol. The van der Waals surface area contributed by atoms with E-state index in [9.17, 15) is 4.79 Å². The van der Waals surface area contributed by atoms with Gasteiger partial charge in [0.05, 0.1) is 12.5 Å². The van der Waals surface area contributed by atoms with Gasteiger partial charge in [-0.3, -0.25) is 4.79 Å². The van der Waals surface area contributed by atoms with E-state index in [0.29, 0.717) is 5.58 Å². The Balaban J connectivity index is 2.50. The molecule has 84 valence electrons. The van der Waals surface area contributed by atoms with Crippen molar-refractivity contribution in [1.82, 2.24) is 4.98 Å². The van der Waals surface area contributed by atoms with Gasteiger partial charge in [-0.25, -0.2) is 4.98 Å². The SMILES string of the molecule is COC(=O)C(C)(C)c1ccc2ncoc2c1. The maximum absolute atomic E-state index is 11.6. The molecule has 0 bridgehead atoms. The number of hydrogen-bond acceptors (Lipinski definition) is 4. The van der Waals surface area contributed by atoms with Gasteiger partial charge in [0.15, 0.2) is 12.0 Å². The van der Waals surface area contributed by atoms with Gasteiger partial charge in [0, 0.05) is 0 Å². The predicted octanol–water partition coefficient (Wildman–Crippen LogP) is 2.28. The third-order valence-electron chi connectivity index (χ3n) is 2.75. The highest BCUT2D eigenvalue weighted by Crippen LogP contribution is 2.27. The van der Waals surface area contributed by atoms with Gasteiger partial charge >= 0.3 is 5.97 Å². The first-order chi connectivity index (χ1) is 7.55. The molecule has 16 heavy (non-hydrogen) atoms. The summed E-state index contributed by atoms with van der Waals surface area (Å²) in [5, 5.41) is 0. The van der Waals surface area contributed by atoms with E-state index >= 15 is 0 Å². The monoisotopic (exact) mass is 219 g/mol. The highest BCUT2D eigenvalue weighted by atomic mass is 16.5. The number of nitrogens with zero attached hydrogens (tertiary/aromatic N) is 1. The van der Waals surface area contributed by atoms with Crippen LogP contribution in [0.5, 0.6) is 0 Å². The summed E-state index contributed by atoms with van der Waals surface area (Å²) in [6.45, 7) is 3.63. The van der Waals surface area contributed by atoms with Crippen molar-refractivity contribution < 1.29 is 13.9 Å². The Kier molecular flexibility index (Phi) is 2.42. The number of carbonyl (C=O) groups excluding carboxylic acids is 1. The van der Waals surface area contributed by atoms with Gasteiger partial charge in [-0.15, -0.1) is 0 Å². The van der Waals surface area contributed by atoms with Crippen molar-refractivity contribution >= 4 is 17.1 Å². The second kappa shape index (κ2) is 3.63. The van der Waals surface area contributed by atoms with E-state index < -0.39 is 5.41 Å². The van der Waals surface area contributed by atoms with Crippen LogP contribution in [0.2, 0.25) is 0 Å². The molecule has 0 radical (unpaired) electrons. The highest BCUT2D eigenvalue weighted by Gasteiger charge is 2.31. The normalized spacial score (nSPS) is 11.7. The number of esters is 1. The van der Waals surface area contributed by atoms with Crippen LogP contribution in [0.25, 0.3) is 11.1 Å². The number of ether oxygens (including phenoxy) is 1. The van der Waals surface area contributed by atoms with Crippen LogP contribution < -0.4 is 0 Å². The largest absolute Gasteiger partial charge is 0.468 e. The van der Waals surface area contributed by atoms with E-state index in [2.05, 4.69) is 4.98 Å². The van der Waals surface area contributed by atoms with Gasteiger partial charge in [0.25, 0.3) is 0 Å². The fraction of sp³-hybridized carbons (Fsp3) is 0.333. The zero-order chi connectivity index (χ0) is 11.8. The standard InChI is InChI=1S/C12H13NO3/c1-12(2,11(14)15-3)8-4-5-9-10(6-8)16-7-13-9/h4-7H,1-3H3. The fourth-order valence-electron chi connectivity index (χ4n) is 1.62. The van der Waals surface area contributed by atoms with Crippen LogP contribution in [0.3, 0.4) is 0 Å². The van der Waals surface area contributed by atoms with Crippen LogP contribution in [0.4, 0.5) is 0 Å². The molecule has 0 saturated heterocycles. The molecular formula is C12H13NO3. The Labute approximate surface area is 93.2 Å². The van der Waals surface area contributed by atoms with Crippen molar-refractivity contribution in [2.75, 3.05) is 7.11 Å². The Bertz CT molecular complexity index is 528. The number of carbonyl (C=O) groups is 1. The van der Waals surface area contributed by atoms with Crippen molar-refractivity contribution in [2.45, 2.75) is 19.3 Å². The maximum Gasteiger partial charge on any atom is 0.315 e. The summed E-state index contributed by atoms with van der Waals surface area (Å²) >= 11 is 0. The van der Waals surface area contributed by atoms with Crippen molar-refractivity contribution in [3.05, 3.63) is 30.2 Å². The minimum absolute atomic E-state index is 0.272. The van der Waals surface area contributed by atoms with Gasteiger partial charge < -0.3 is 9.15 Å². The molecular weight excluding hydrogens is 206 g/mol. The van der Waals surface area contributed by atoms with E-state index in [0.717, 1.165) is 11.1 Å². The first-order valence-corrected chi connectivity index (χ1v) is 4.98. The van der Waals surface area contributed by atoms with E-state index in [1.807, 2.05) is 32.0 Å². The quantitative estimate of drug-likeness (QED) is 0.727. The van der Waals surface area contributed by atoms with Crippen molar-refractivity contribution in [1.29, 1.82) is 0 Å². The molecule has 0 unspecified atom stereocenters. The summed E-state index contributed by atoms with van der Waals surface area (Å²) in [5.74, 6) is -0.272. The fourth-order valence-corrected chi connectivity index (χ4v) is 1.62. The van der Waals surface area contributed by atoms with Gasteiger partial charge in [-0.05, 0) is 31.5 Å². The molecule has 0 N–H and O–H groups in total. The smallest absolute Gasteiger partial charge is 0.315 e. The van der Waals surface area contributed by atoms with Crippen LogP contribution in [-0.2, 0) is 14.9 Å². The second-order valence-electron chi connectivity index (χ2n) is 4.15. The summed E-state index contributed by atoms with van der Waals surface area (Å²) < 4.78 is 9.98. The molecule has 1 aromatic heterocycles. The average Bonchev–Trinajstić information content (AvgIpc) is 2.74. The minimum atomic E-state index is -0.685. The molecule has 0 amide bonds. The molecule has 4 heteroatoms. The number of hydrogen-bond donors (Lipinski definition) is 0. The maximum atomic E-state index is 11.6. The molecule has 1 aromatic carbocycles. The van der Waals surface area contributed by atoms with Gasteiger partial charge in [0.2, 0.25) is 0 Å².